The van der Waals surface area contributed by atoms with Crippen molar-refractivity contribution in [2.24, 2.45) is 0 Å². The van der Waals surface area contributed by atoms with E-state index >= 15 is 0 Å². The van der Waals surface area contributed by atoms with Crippen molar-refractivity contribution in [1.29, 1.82) is 0 Å². The molecule has 0 aliphatic heterocycles. The van der Waals surface area contributed by atoms with Crippen LogP contribution in [0.25, 0.3) is 17.1 Å². The van der Waals surface area contributed by atoms with Crippen molar-refractivity contribution in [2.75, 3.05) is 10.6 Å². The van der Waals surface area contributed by atoms with Crippen molar-refractivity contribution in [3.05, 3.63) is 95.4 Å². The van der Waals surface area contributed by atoms with Gasteiger partial charge in [-0.15, -0.1) is 10.2 Å². The largest absolute Gasteiger partial charge is 0.355 e. The van der Waals surface area contributed by atoms with E-state index in [1.165, 1.54) is 0 Å². The number of nitrogens with zero attached hydrogens (tertiary/aromatic N) is 5. The lowest BCUT2D eigenvalue weighted by Gasteiger charge is -2.08. The van der Waals surface area contributed by atoms with E-state index in [0.29, 0.717) is 23.1 Å². The molecule has 0 saturated heterocycles. The summed E-state index contributed by atoms with van der Waals surface area (Å²) in [7, 11) is 0. The van der Waals surface area contributed by atoms with Gasteiger partial charge in [-0.1, -0.05) is 35.5 Å². The number of hydrogen-bond acceptors (Lipinski definition) is 7. The predicted octanol–water partition coefficient (Wildman–Crippen LogP) is 5.24. The number of carbonyl (C=O) groups excluding carboxylic acids is 1. The van der Waals surface area contributed by atoms with Gasteiger partial charge in [-0.25, -0.2) is 4.68 Å². The summed E-state index contributed by atoms with van der Waals surface area (Å²) in [6, 6.07) is 22.1. The van der Waals surface area contributed by atoms with Gasteiger partial charge in [0.05, 0.1) is 5.69 Å². The van der Waals surface area contributed by atoms with E-state index in [0.717, 1.165) is 28.2 Å². The standard InChI is InChI=1S/C26H23N7O2/c1-16-17(2)31-33(18(16)3)25-14-13-24(29-30-25)27-20-9-11-21(12-10-20)28-26(34)22-15-23(35-32-22)19-7-5-4-6-8-19/h4-15H,1-3H3,(H,27,29)(H,28,34). The molecule has 1 amide bonds. The number of hydrogen-bond donors (Lipinski definition) is 2. The van der Waals surface area contributed by atoms with Crippen LogP contribution >= 0.6 is 0 Å². The first-order valence-electron chi connectivity index (χ1n) is 11.1. The number of anilines is 3. The highest BCUT2D eigenvalue weighted by Gasteiger charge is 2.14. The van der Waals surface area contributed by atoms with E-state index in [1.54, 1.807) is 22.9 Å². The first-order chi connectivity index (χ1) is 17.0. The van der Waals surface area contributed by atoms with Gasteiger partial charge in [0.2, 0.25) is 0 Å². The zero-order valence-electron chi connectivity index (χ0n) is 19.5. The number of nitrogens with one attached hydrogen (secondary N) is 2. The van der Waals surface area contributed by atoms with Crippen LogP contribution in [0.1, 0.15) is 27.4 Å². The molecule has 2 aromatic carbocycles. The Bertz CT molecular complexity index is 1470. The van der Waals surface area contributed by atoms with Crippen molar-refractivity contribution < 1.29 is 9.32 Å². The molecule has 35 heavy (non-hydrogen) atoms. The summed E-state index contributed by atoms with van der Waals surface area (Å²) < 4.78 is 7.09. The molecule has 5 aromatic rings. The maximum atomic E-state index is 12.6. The van der Waals surface area contributed by atoms with Crippen LogP contribution in [0.5, 0.6) is 0 Å². The van der Waals surface area contributed by atoms with Gasteiger partial charge >= 0.3 is 0 Å². The van der Waals surface area contributed by atoms with Crippen molar-refractivity contribution in [2.45, 2.75) is 20.8 Å². The van der Waals surface area contributed by atoms with Gasteiger partial charge in [0, 0.05) is 28.7 Å². The minimum absolute atomic E-state index is 0.208. The average Bonchev–Trinajstić information content (AvgIpc) is 3.48. The van der Waals surface area contributed by atoms with Crippen molar-refractivity contribution in [1.82, 2.24) is 25.1 Å². The molecule has 9 nitrogen and oxygen atoms in total. The Kier molecular flexibility index (Phi) is 5.80. The Labute approximate surface area is 201 Å². The molecule has 0 fully saturated rings. The van der Waals surface area contributed by atoms with Gasteiger partial charge in [0.15, 0.2) is 23.1 Å². The number of carbonyl (C=O) groups is 1. The quantitative estimate of drug-likeness (QED) is 0.353. The second-order valence-electron chi connectivity index (χ2n) is 8.08. The fraction of sp³-hybridized carbons (Fsp3) is 0.115. The van der Waals surface area contributed by atoms with Crippen molar-refractivity contribution >= 4 is 23.1 Å². The molecular formula is C26H23N7O2. The fourth-order valence-electron chi connectivity index (χ4n) is 3.55. The molecule has 0 radical (unpaired) electrons. The summed E-state index contributed by atoms with van der Waals surface area (Å²) in [5.74, 6) is 1.44. The van der Waals surface area contributed by atoms with Crippen LogP contribution in [0.4, 0.5) is 17.2 Å². The van der Waals surface area contributed by atoms with E-state index < -0.39 is 0 Å². The lowest BCUT2D eigenvalue weighted by atomic mass is 10.1. The van der Waals surface area contributed by atoms with E-state index in [9.17, 15) is 4.79 Å². The summed E-state index contributed by atoms with van der Waals surface area (Å²) >= 11 is 0. The van der Waals surface area contributed by atoms with Gasteiger partial charge < -0.3 is 15.2 Å². The smallest absolute Gasteiger partial charge is 0.277 e. The minimum Gasteiger partial charge on any atom is -0.355 e. The molecule has 0 aliphatic rings. The molecule has 174 valence electrons. The first kappa shape index (κ1) is 22.0. The second kappa shape index (κ2) is 9.22. The van der Waals surface area contributed by atoms with Crippen LogP contribution < -0.4 is 10.6 Å². The minimum atomic E-state index is -0.350. The third-order valence-corrected chi connectivity index (χ3v) is 5.74. The average molecular weight is 466 g/mol. The molecule has 0 atom stereocenters. The molecule has 0 bridgehead atoms. The molecular weight excluding hydrogens is 442 g/mol. The molecule has 0 spiro atoms. The first-order valence-corrected chi connectivity index (χ1v) is 11.1. The lowest BCUT2D eigenvalue weighted by molar-refractivity contribution is 0.101. The van der Waals surface area contributed by atoms with E-state index in [2.05, 4.69) is 31.1 Å². The van der Waals surface area contributed by atoms with E-state index in [1.807, 2.05) is 75.4 Å². The predicted molar refractivity (Wildman–Crippen MR) is 133 cm³/mol. The fourth-order valence-corrected chi connectivity index (χ4v) is 3.55. The number of aromatic nitrogens is 5. The normalized spacial score (nSPS) is 10.8. The Hall–Kier alpha value is -4.79. The Morgan fingerprint density at radius 2 is 1.63 bits per heavy atom. The number of amides is 1. The highest BCUT2D eigenvalue weighted by Crippen LogP contribution is 2.22. The Morgan fingerprint density at radius 1 is 0.886 bits per heavy atom. The molecule has 3 heterocycles. The Balaban J connectivity index is 1.22. The van der Waals surface area contributed by atoms with Crippen LogP contribution in [0, 0.1) is 20.8 Å². The topological polar surface area (TPSA) is 111 Å². The third kappa shape index (κ3) is 4.65. The molecule has 0 unspecified atom stereocenters. The zero-order valence-corrected chi connectivity index (χ0v) is 19.5. The second-order valence-corrected chi connectivity index (χ2v) is 8.08. The van der Waals surface area contributed by atoms with Crippen molar-refractivity contribution in [3.8, 4) is 17.1 Å². The van der Waals surface area contributed by atoms with Crippen LogP contribution in [0.3, 0.4) is 0 Å². The van der Waals surface area contributed by atoms with Gasteiger partial charge in [-0.05, 0) is 62.7 Å². The van der Waals surface area contributed by atoms with Crippen molar-refractivity contribution in [3.63, 3.8) is 0 Å². The zero-order chi connectivity index (χ0) is 24.4. The van der Waals surface area contributed by atoms with E-state index in [4.69, 9.17) is 4.52 Å². The Morgan fingerprint density at radius 3 is 2.29 bits per heavy atom. The van der Waals surface area contributed by atoms with Crippen LogP contribution in [-0.2, 0) is 0 Å². The maximum absolute atomic E-state index is 12.6. The molecule has 0 saturated carbocycles. The van der Waals surface area contributed by atoms with Gasteiger partial charge in [-0.2, -0.15) is 5.10 Å². The summed E-state index contributed by atoms with van der Waals surface area (Å²) in [5.41, 5.74) is 5.65. The number of benzene rings is 2. The maximum Gasteiger partial charge on any atom is 0.277 e. The van der Waals surface area contributed by atoms with E-state index in [-0.39, 0.29) is 11.6 Å². The molecule has 9 heteroatoms. The summed E-state index contributed by atoms with van der Waals surface area (Å²) in [5, 5.41) is 23.0. The van der Waals surface area contributed by atoms with Gasteiger partial charge in [0.1, 0.15) is 0 Å². The third-order valence-electron chi connectivity index (χ3n) is 5.74. The van der Waals surface area contributed by atoms with Crippen LogP contribution in [0.2, 0.25) is 0 Å². The number of aryl methyl sites for hydroxylation is 1. The van der Waals surface area contributed by atoms with Crippen LogP contribution in [-0.4, -0.2) is 31.0 Å². The van der Waals surface area contributed by atoms with Gasteiger partial charge in [0.25, 0.3) is 5.91 Å². The summed E-state index contributed by atoms with van der Waals surface area (Å²) in [6.45, 7) is 6.02. The highest BCUT2D eigenvalue weighted by atomic mass is 16.5. The van der Waals surface area contributed by atoms with Gasteiger partial charge in [-0.3, -0.25) is 4.79 Å². The molecule has 2 N–H and O–H groups in total. The lowest BCUT2D eigenvalue weighted by Crippen LogP contribution is -2.12. The highest BCUT2D eigenvalue weighted by molar-refractivity contribution is 6.03. The SMILES string of the molecule is Cc1nn(-c2ccc(Nc3ccc(NC(=O)c4cc(-c5ccccc5)on4)cc3)nn2)c(C)c1C. The number of rotatable bonds is 6. The summed E-state index contributed by atoms with van der Waals surface area (Å²) in [4.78, 5) is 12.6. The van der Waals surface area contributed by atoms with Crippen LogP contribution in [0.15, 0.2) is 77.3 Å². The molecule has 3 aromatic heterocycles. The molecule has 5 rings (SSSR count). The monoisotopic (exact) mass is 465 g/mol. The summed E-state index contributed by atoms with van der Waals surface area (Å²) in [6.07, 6.45) is 0. The molecule has 0 aliphatic carbocycles.